The third-order valence-corrected chi connectivity index (χ3v) is 4.12. The molecule has 0 fully saturated rings. The highest BCUT2D eigenvalue weighted by Gasteiger charge is 2.43. The highest BCUT2D eigenvalue weighted by atomic mass is 32.1. The molecule has 130 valence electrons. The second-order valence-corrected chi connectivity index (χ2v) is 8.03. The van der Waals surface area contributed by atoms with Gasteiger partial charge >= 0.3 is 0 Å². The van der Waals surface area contributed by atoms with Crippen molar-refractivity contribution in [1.29, 1.82) is 0 Å². The molecule has 0 saturated carbocycles. The van der Waals surface area contributed by atoms with Gasteiger partial charge in [-0.1, -0.05) is 0 Å². The number of nitrogens with one attached hydrogen (secondary N) is 2. The van der Waals surface area contributed by atoms with E-state index in [-0.39, 0.29) is 5.54 Å². The topological polar surface area (TPSA) is 92.4 Å². The highest BCUT2D eigenvalue weighted by molar-refractivity contribution is 7.80. The number of fused-ring (bicyclic) bond motifs is 2. The zero-order chi connectivity index (χ0) is 17.7. The number of benzene rings is 1. The fourth-order valence-corrected chi connectivity index (χ4v) is 3.18. The van der Waals surface area contributed by atoms with Gasteiger partial charge in [0.05, 0.1) is 6.04 Å². The molecular formula is C16H22N4O3S. The second kappa shape index (κ2) is 5.56. The molecule has 2 heterocycles. The molecule has 3 rings (SSSR count). The van der Waals surface area contributed by atoms with Crippen molar-refractivity contribution in [1.82, 2.24) is 20.9 Å². The van der Waals surface area contributed by atoms with E-state index in [1.54, 1.807) is 12.1 Å². The molecule has 2 unspecified atom stereocenters. The molecule has 2 atom stereocenters. The fourth-order valence-electron chi connectivity index (χ4n) is 2.75. The van der Waals surface area contributed by atoms with Crippen LogP contribution in [0.25, 0.3) is 11.0 Å². The largest absolute Gasteiger partial charge is 0.485 e. The zero-order valence-electron chi connectivity index (χ0n) is 14.4. The Balaban J connectivity index is 1.99. The maximum Gasteiger partial charge on any atom is 0.167 e. The van der Waals surface area contributed by atoms with Crippen LogP contribution in [0.2, 0.25) is 0 Å². The van der Waals surface area contributed by atoms with Crippen molar-refractivity contribution in [3.8, 4) is 5.75 Å². The third-order valence-electron chi connectivity index (χ3n) is 3.90. The summed E-state index contributed by atoms with van der Waals surface area (Å²) in [6.07, 6.45) is -0.804. The predicted molar refractivity (Wildman–Crippen MR) is 93.9 cm³/mol. The first-order valence-corrected chi connectivity index (χ1v) is 8.20. The van der Waals surface area contributed by atoms with E-state index in [1.165, 1.54) is 0 Å². The number of rotatable bonds is 1. The summed E-state index contributed by atoms with van der Waals surface area (Å²) in [7, 11) is 0. The Morgan fingerprint density at radius 2 is 1.88 bits per heavy atom. The lowest BCUT2D eigenvalue weighted by molar-refractivity contribution is -0.0609. The van der Waals surface area contributed by atoms with Crippen molar-refractivity contribution in [2.24, 2.45) is 0 Å². The van der Waals surface area contributed by atoms with E-state index in [2.05, 4.69) is 20.9 Å². The molecule has 0 amide bonds. The normalized spacial score (nSPS) is 22.6. The summed E-state index contributed by atoms with van der Waals surface area (Å²) >= 11 is 5.40. The Bertz CT molecular complexity index is 781. The molecule has 2 aromatic rings. The van der Waals surface area contributed by atoms with Crippen LogP contribution in [0, 0.1) is 0 Å². The summed E-state index contributed by atoms with van der Waals surface area (Å²) in [5, 5.41) is 25.4. The van der Waals surface area contributed by atoms with E-state index in [4.69, 9.17) is 21.6 Å². The molecule has 0 saturated heterocycles. The third kappa shape index (κ3) is 3.16. The number of hydrogen-bond acceptors (Lipinski definition) is 6. The predicted octanol–water partition coefficient (Wildman–Crippen LogP) is 2.06. The Morgan fingerprint density at radius 1 is 1.25 bits per heavy atom. The van der Waals surface area contributed by atoms with Gasteiger partial charge in [0.15, 0.2) is 5.11 Å². The number of aromatic nitrogens is 2. The molecule has 1 aromatic heterocycles. The van der Waals surface area contributed by atoms with Crippen molar-refractivity contribution in [3.63, 3.8) is 0 Å². The monoisotopic (exact) mass is 350 g/mol. The van der Waals surface area contributed by atoms with Crippen LogP contribution in [0.1, 0.15) is 46.2 Å². The lowest BCUT2D eigenvalue weighted by Gasteiger charge is -2.42. The van der Waals surface area contributed by atoms with Crippen LogP contribution in [0.4, 0.5) is 0 Å². The molecule has 8 heteroatoms. The van der Waals surface area contributed by atoms with Crippen molar-refractivity contribution >= 4 is 28.4 Å². The molecule has 7 nitrogen and oxygen atoms in total. The average molecular weight is 350 g/mol. The summed E-state index contributed by atoms with van der Waals surface area (Å²) in [5.41, 5.74) is 1.01. The van der Waals surface area contributed by atoms with Gasteiger partial charge in [-0.15, -0.1) is 0 Å². The number of hydrogen-bond donors (Lipinski definition) is 3. The first-order valence-electron chi connectivity index (χ1n) is 7.79. The van der Waals surface area contributed by atoms with Crippen LogP contribution in [0.3, 0.4) is 0 Å². The summed E-state index contributed by atoms with van der Waals surface area (Å²) in [6.45, 7) is 9.72. The minimum absolute atomic E-state index is 0.182. The molecule has 1 aliphatic heterocycles. The van der Waals surface area contributed by atoms with Crippen LogP contribution in [0.15, 0.2) is 16.8 Å². The van der Waals surface area contributed by atoms with Crippen molar-refractivity contribution in [2.45, 2.75) is 57.9 Å². The Morgan fingerprint density at radius 3 is 2.50 bits per heavy atom. The molecule has 0 aliphatic carbocycles. The zero-order valence-corrected chi connectivity index (χ0v) is 15.2. The van der Waals surface area contributed by atoms with Crippen LogP contribution in [-0.4, -0.2) is 37.8 Å². The lowest BCUT2D eigenvalue weighted by Crippen LogP contribution is -2.56. The first kappa shape index (κ1) is 16.9. The van der Waals surface area contributed by atoms with Gasteiger partial charge in [0.25, 0.3) is 0 Å². The maximum atomic E-state index is 10.8. The fraction of sp³-hybridized carbons (Fsp3) is 0.562. The molecule has 0 radical (unpaired) electrons. The number of nitrogens with zero attached hydrogens (tertiary/aromatic N) is 2. The highest BCUT2D eigenvalue weighted by Crippen LogP contribution is 2.41. The van der Waals surface area contributed by atoms with E-state index in [9.17, 15) is 5.11 Å². The van der Waals surface area contributed by atoms with Gasteiger partial charge in [-0.3, -0.25) is 0 Å². The number of aliphatic hydroxyl groups excluding tert-OH is 1. The van der Waals surface area contributed by atoms with Gasteiger partial charge in [-0.2, -0.15) is 0 Å². The minimum atomic E-state index is -0.804. The summed E-state index contributed by atoms with van der Waals surface area (Å²) in [6, 6.07) is 3.13. The Labute approximate surface area is 145 Å². The Kier molecular flexibility index (Phi) is 3.92. The van der Waals surface area contributed by atoms with Gasteiger partial charge in [0.2, 0.25) is 0 Å². The van der Waals surface area contributed by atoms with Gasteiger partial charge in [-0.05, 0) is 63.2 Å². The first-order chi connectivity index (χ1) is 11.1. The lowest BCUT2D eigenvalue weighted by atomic mass is 9.86. The molecule has 0 bridgehead atoms. The standard InChI is InChI=1S/C16H22N4O3S/c1-15(2,3)18-14(24)17-12-8-6-9-10(20-23-19-9)7-11(8)22-16(4,5)13(12)21/h6-7,12-13,21H,1-5H3,(H2,17,18,24). The van der Waals surface area contributed by atoms with Crippen LogP contribution in [-0.2, 0) is 0 Å². The van der Waals surface area contributed by atoms with Crippen LogP contribution >= 0.6 is 12.2 Å². The minimum Gasteiger partial charge on any atom is -0.485 e. The van der Waals surface area contributed by atoms with Gasteiger partial charge in [0.1, 0.15) is 28.5 Å². The SMILES string of the molecule is CC(C)(C)NC(=S)NC1c2cc3nonc3cc2OC(C)(C)C1O. The van der Waals surface area contributed by atoms with Crippen molar-refractivity contribution < 1.29 is 14.5 Å². The van der Waals surface area contributed by atoms with Crippen molar-refractivity contribution in [3.05, 3.63) is 17.7 Å². The van der Waals surface area contributed by atoms with E-state index in [0.717, 1.165) is 5.56 Å². The molecular weight excluding hydrogens is 328 g/mol. The van der Waals surface area contributed by atoms with Gasteiger partial charge < -0.3 is 20.5 Å². The van der Waals surface area contributed by atoms with Gasteiger partial charge in [0, 0.05) is 17.2 Å². The van der Waals surface area contributed by atoms with Crippen molar-refractivity contribution in [2.75, 3.05) is 0 Å². The molecule has 1 aliphatic rings. The summed E-state index contributed by atoms with van der Waals surface area (Å²) in [5.74, 6) is 0.629. The number of thiocarbonyl (C=S) groups is 1. The molecule has 0 spiro atoms. The van der Waals surface area contributed by atoms with E-state index in [0.29, 0.717) is 21.9 Å². The summed E-state index contributed by atoms with van der Waals surface area (Å²) in [4.78, 5) is 0. The van der Waals surface area contributed by atoms with E-state index in [1.807, 2.05) is 34.6 Å². The van der Waals surface area contributed by atoms with E-state index >= 15 is 0 Å². The number of aliphatic hydroxyl groups is 1. The second-order valence-electron chi connectivity index (χ2n) is 7.62. The molecule has 1 aromatic carbocycles. The maximum absolute atomic E-state index is 10.8. The molecule has 24 heavy (non-hydrogen) atoms. The average Bonchev–Trinajstić information content (AvgIpc) is 2.87. The van der Waals surface area contributed by atoms with Crippen LogP contribution < -0.4 is 15.4 Å². The van der Waals surface area contributed by atoms with Gasteiger partial charge in [-0.25, -0.2) is 4.63 Å². The summed E-state index contributed by atoms with van der Waals surface area (Å²) < 4.78 is 10.7. The number of ether oxygens (including phenoxy) is 1. The smallest absolute Gasteiger partial charge is 0.167 e. The quantitative estimate of drug-likeness (QED) is 0.673. The molecule has 3 N–H and O–H groups in total. The van der Waals surface area contributed by atoms with Crippen LogP contribution in [0.5, 0.6) is 5.75 Å². The Hall–Kier alpha value is -1.93. The van der Waals surface area contributed by atoms with E-state index < -0.39 is 17.7 Å².